The number of fused-ring (bicyclic) bond motifs is 1. The van der Waals surface area contributed by atoms with Crippen molar-refractivity contribution in [2.45, 2.75) is 31.8 Å². The molecule has 2 amide bonds. The molecule has 3 fully saturated rings. The summed E-state index contributed by atoms with van der Waals surface area (Å²) in [5.41, 5.74) is 0.990. The van der Waals surface area contributed by atoms with E-state index in [1.54, 1.807) is 4.90 Å². The lowest BCUT2D eigenvalue weighted by molar-refractivity contribution is -0.143. The van der Waals surface area contributed by atoms with Crippen LogP contribution in [0.5, 0.6) is 0 Å². The lowest BCUT2D eigenvalue weighted by Gasteiger charge is -2.44. The first-order valence-corrected chi connectivity index (χ1v) is 11.0. The molecule has 29 heavy (non-hydrogen) atoms. The van der Waals surface area contributed by atoms with E-state index in [0.29, 0.717) is 23.1 Å². The minimum atomic E-state index is -0.120. The van der Waals surface area contributed by atoms with E-state index < -0.39 is 0 Å². The van der Waals surface area contributed by atoms with Gasteiger partial charge in [0.05, 0.1) is 12.5 Å². The molecule has 4 rings (SSSR count). The smallest absolute Gasteiger partial charge is 0.234 e. The summed E-state index contributed by atoms with van der Waals surface area (Å²) in [5.74, 6) is 0.163. The SMILES string of the molecule is CN1CCN(C(=O)C2CCC3C(=O)N(Cc4ccc(Cl)cc4)C(=S)NC3C2)CC1. The van der Waals surface area contributed by atoms with Gasteiger partial charge in [-0.3, -0.25) is 14.5 Å². The summed E-state index contributed by atoms with van der Waals surface area (Å²) in [6.45, 7) is 3.86. The summed E-state index contributed by atoms with van der Waals surface area (Å²) in [6, 6.07) is 7.41. The first kappa shape index (κ1) is 20.6. The van der Waals surface area contributed by atoms with Crippen molar-refractivity contribution in [2.24, 2.45) is 11.8 Å². The molecule has 3 unspecified atom stereocenters. The number of nitrogens with zero attached hydrogens (tertiary/aromatic N) is 3. The lowest BCUT2D eigenvalue weighted by Crippen LogP contribution is -2.62. The number of hydrogen-bond donors (Lipinski definition) is 1. The fourth-order valence-corrected chi connectivity index (χ4v) is 5.03. The number of likely N-dealkylation sites (N-methyl/N-ethyl adjacent to an activating group) is 1. The van der Waals surface area contributed by atoms with Crippen LogP contribution in [0.3, 0.4) is 0 Å². The maximum Gasteiger partial charge on any atom is 0.234 e. The Morgan fingerprint density at radius 3 is 2.55 bits per heavy atom. The van der Waals surface area contributed by atoms with Gasteiger partial charge in [0.1, 0.15) is 0 Å². The van der Waals surface area contributed by atoms with Gasteiger partial charge in [0, 0.05) is 43.2 Å². The summed E-state index contributed by atoms with van der Waals surface area (Å²) in [6.07, 6.45) is 2.16. The highest BCUT2D eigenvalue weighted by atomic mass is 35.5. The number of amides is 2. The second kappa shape index (κ2) is 8.58. The van der Waals surface area contributed by atoms with E-state index in [9.17, 15) is 9.59 Å². The van der Waals surface area contributed by atoms with Crippen molar-refractivity contribution in [3.63, 3.8) is 0 Å². The van der Waals surface area contributed by atoms with Crippen molar-refractivity contribution in [1.29, 1.82) is 0 Å². The minimum Gasteiger partial charge on any atom is -0.359 e. The van der Waals surface area contributed by atoms with Gasteiger partial charge in [0.15, 0.2) is 5.11 Å². The molecule has 1 aromatic carbocycles. The third-order valence-corrected chi connectivity index (χ3v) is 7.00. The number of carbonyl (C=O) groups excluding carboxylic acids is 2. The Bertz CT molecular complexity index is 794. The zero-order valence-corrected chi connectivity index (χ0v) is 18.2. The molecule has 1 saturated carbocycles. The average molecular weight is 435 g/mol. The quantitative estimate of drug-likeness (QED) is 0.738. The molecule has 1 N–H and O–H groups in total. The summed E-state index contributed by atoms with van der Waals surface area (Å²) in [7, 11) is 2.08. The van der Waals surface area contributed by atoms with Crippen molar-refractivity contribution in [3.8, 4) is 0 Å². The van der Waals surface area contributed by atoms with Crippen LogP contribution in [0.2, 0.25) is 5.02 Å². The third kappa shape index (κ3) is 4.42. The molecular formula is C21H27ClN4O2S. The summed E-state index contributed by atoms with van der Waals surface area (Å²) in [5, 5.41) is 4.48. The van der Waals surface area contributed by atoms with E-state index in [-0.39, 0.29) is 29.7 Å². The fraction of sp³-hybridized carbons (Fsp3) is 0.571. The molecule has 2 aliphatic heterocycles. The molecule has 0 radical (unpaired) electrons. The minimum absolute atomic E-state index is 0.0226. The molecule has 0 aromatic heterocycles. The highest BCUT2D eigenvalue weighted by molar-refractivity contribution is 7.80. The van der Waals surface area contributed by atoms with Crippen molar-refractivity contribution in [2.75, 3.05) is 33.2 Å². The van der Waals surface area contributed by atoms with Crippen LogP contribution in [0.15, 0.2) is 24.3 Å². The van der Waals surface area contributed by atoms with Crippen LogP contribution in [-0.4, -0.2) is 70.9 Å². The number of nitrogens with one attached hydrogen (secondary N) is 1. The standard InChI is InChI=1S/C21H27ClN4O2S/c1-24-8-10-25(11-9-24)19(27)15-4-7-17-18(12-15)23-21(29)26(20(17)28)13-14-2-5-16(22)6-3-14/h2-3,5-6,15,17-18H,4,7-13H2,1H3,(H,23,29). The normalized spacial score (nSPS) is 28.1. The number of benzene rings is 1. The number of hydrogen-bond acceptors (Lipinski definition) is 4. The van der Waals surface area contributed by atoms with E-state index in [1.165, 1.54) is 0 Å². The molecule has 1 aromatic rings. The third-order valence-electron chi connectivity index (χ3n) is 6.41. The van der Waals surface area contributed by atoms with Gasteiger partial charge in [-0.1, -0.05) is 23.7 Å². The monoisotopic (exact) mass is 434 g/mol. The number of piperazine rings is 1. The maximum absolute atomic E-state index is 13.1. The van der Waals surface area contributed by atoms with Gasteiger partial charge in [0.25, 0.3) is 0 Å². The van der Waals surface area contributed by atoms with Crippen LogP contribution in [0, 0.1) is 11.8 Å². The number of carbonyl (C=O) groups is 2. The van der Waals surface area contributed by atoms with Gasteiger partial charge in [-0.2, -0.15) is 0 Å². The van der Waals surface area contributed by atoms with Crippen LogP contribution < -0.4 is 5.32 Å². The van der Waals surface area contributed by atoms with Crippen LogP contribution in [0.1, 0.15) is 24.8 Å². The Morgan fingerprint density at radius 2 is 1.86 bits per heavy atom. The molecule has 156 valence electrons. The van der Waals surface area contributed by atoms with Crippen molar-refractivity contribution >= 4 is 40.7 Å². The molecule has 0 bridgehead atoms. The van der Waals surface area contributed by atoms with Gasteiger partial charge in [-0.15, -0.1) is 0 Å². The highest BCUT2D eigenvalue weighted by Crippen LogP contribution is 2.34. The first-order valence-electron chi connectivity index (χ1n) is 10.3. The molecule has 2 heterocycles. The summed E-state index contributed by atoms with van der Waals surface area (Å²) in [4.78, 5) is 32.0. The van der Waals surface area contributed by atoms with E-state index in [4.69, 9.17) is 23.8 Å². The Labute approximate surface area is 182 Å². The maximum atomic E-state index is 13.1. The van der Waals surface area contributed by atoms with Gasteiger partial charge in [-0.05, 0) is 56.2 Å². The van der Waals surface area contributed by atoms with Crippen molar-refractivity contribution < 1.29 is 9.59 Å². The van der Waals surface area contributed by atoms with Gasteiger partial charge in [0.2, 0.25) is 11.8 Å². The van der Waals surface area contributed by atoms with Crippen LogP contribution >= 0.6 is 23.8 Å². The average Bonchev–Trinajstić information content (AvgIpc) is 2.72. The van der Waals surface area contributed by atoms with Gasteiger partial charge >= 0.3 is 0 Å². The topological polar surface area (TPSA) is 55.9 Å². The lowest BCUT2D eigenvalue weighted by atomic mass is 9.76. The molecular weight excluding hydrogens is 408 g/mol. The molecule has 6 nitrogen and oxygen atoms in total. The Hall–Kier alpha value is -1.70. The van der Waals surface area contributed by atoms with E-state index in [2.05, 4.69) is 17.3 Å². The first-order chi connectivity index (χ1) is 13.9. The molecule has 3 aliphatic rings. The van der Waals surface area contributed by atoms with Crippen molar-refractivity contribution in [3.05, 3.63) is 34.9 Å². The molecule has 1 aliphatic carbocycles. The zero-order valence-electron chi connectivity index (χ0n) is 16.6. The number of thiocarbonyl (C=S) groups is 1. The fourth-order valence-electron chi connectivity index (χ4n) is 4.59. The second-order valence-corrected chi connectivity index (χ2v) is 9.17. The van der Waals surface area contributed by atoms with Gasteiger partial charge in [-0.25, -0.2) is 0 Å². The Kier molecular flexibility index (Phi) is 6.08. The molecule has 3 atom stereocenters. The predicted octanol–water partition coefficient (Wildman–Crippen LogP) is 2.12. The summed E-state index contributed by atoms with van der Waals surface area (Å²) >= 11 is 11.5. The van der Waals surface area contributed by atoms with Crippen LogP contribution in [0.25, 0.3) is 0 Å². The zero-order chi connectivity index (χ0) is 20.5. The second-order valence-electron chi connectivity index (χ2n) is 8.35. The van der Waals surface area contributed by atoms with Gasteiger partial charge < -0.3 is 15.1 Å². The van der Waals surface area contributed by atoms with Crippen LogP contribution in [0.4, 0.5) is 0 Å². The highest BCUT2D eigenvalue weighted by Gasteiger charge is 2.44. The van der Waals surface area contributed by atoms with E-state index in [0.717, 1.165) is 44.6 Å². The molecule has 8 heteroatoms. The summed E-state index contributed by atoms with van der Waals surface area (Å²) < 4.78 is 0. The Balaban J connectivity index is 1.39. The number of rotatable bonds is 3. The van der Waals surface area contributed by atoms with E-state index >= 15 is 0 Å². The largest absolute Gasteiger partial charge is 0.359 e. The number of halogens is 1. The predicted molar refractivity (Wildman–Crippen MR) is 116 cm³/mol. The Morgan fingerprint density at radius 1 is 1.17 bits per heavy atom. The van der Waals surface area contributed by atoms with Crippen molar-refractivity contribution in [1.82, 2.24) is 20.0 Å². The molecule has 0 spiro atoms. The van der Waals surface area contributed by atoms with Crippen LogP contribution in [-0.2, 0) is 16.1 Å². The van der Waals surface area contributed by atoms with E-state index in [1.807, 2.05) is 29.2 Å². The molecule has 2 saturated heterocycles.